The highest BCUT2D eigenvalue weighted by molar-refractivity contribution is 7.89. The second-order valence-corrected chi connectivity index (χ2v) is 6.39. The van der Waals surface area contributed by atoms with Crippen LogP contribution in [0.1, 0.15) is 12.8 Å². The fraction of sp³-hybridized carbons (Fsp3) is 0.333. The van der Waals surface area contributed by atoms with Gasteiger partial charge in [-0.2, -0.15) is 4.31 Å². The van der Waals surface area contributed by atoms with Crippen molar-refractivity contribution >= 4 is 15.7 Å². The maximum Gasteiger partial charge on any atom is 0.312 e. The van der Waals surface area contributed by atoms with E-state index >= 15 is 0 Å². The van der Waals surface area contributed by atoms with Crippen LogP contribution in [0.2, 0.25) is 0 Å². The summed E-state index contributed by atoms with van der Waals surface area (Å²) in [5.41, 5.74) is -0.625. The summed E-state index contributed by atoms with van der Waals surface area (Å²) in [5, 5.41) is 20.1. The summed E-state index contributed by atoms with van der Waals surface area (Å²) < 4.78 is 26.2. The van der Waals surface area contributed by atoms with E-state index in [0.717, 1.165) is 31.0 Å². The molecule has 0 bridgehead atoms. The Morgan fingerprint density at radius 3 is 2.65 bits per heavy atom. The molecule has 2 rings (SSSR count). The Bertz CT molecular complexity index is 652. The molecule has 1 aliphatic carbocycles. The summed E-state index contributed by atoms with van der Waals surface area (Å²) in [6.45, 7) is 3.68. The first kappa shape index (κ1) is 14.5. The number of hydrogen-bond donors (Lipinski definition) is 1. The lowest BCUT2D eigenvalue weighted by Crippen LogP contribution is -2.33. The lowest BCUT2D eigenvalue weighted by atomic mass is 10.3. The minimum absolute atomic E-state index is 0.0779. The molecule has 1 fully saturated rings. The lowest BCUT2D eigenvalue weighted by Gasteiger charge is -2.20. The standard InChI is InChI=1S/C12H14N2O5S/c1-2-7-13(9-3-4-9)20(18,19)10-5-6-12(15)11(8-10)14(16)17/h2,5-6,8-9,15H,1,3-4,7H2. The van der Waals surface area contributed by atoms with Crippen LogP contribution in [0, 0.1) is 10.1 Å². The van der Waals surface area contributed by atoms with Crippen molar-refractivity contribution in [2.75, 3.05) is 6.54 Å². The van der Waals surface area contributed by atoms with E-state index in [2.05, 4.69) is 6.58 Å². The molecule has 1 saturated carbocycles. The highest BCUT2D eigenvalue weighted by atomic mass is 32.2. The Hall–Kier alpha value is -1.93. The van der Waals surface area contributed by atoms with E-state index < -0.39 is 26.4 Å². The van der Waals surface area contributed by atoms with Crippen LogP contribution in [0.5, 0.6) is 5.75 Å². The number of aromatic hydroxyl groups is 1. The van der Waals surface area contributed by atoms with Crippen LogP contribution in [-0.4, -0.2) is 35.3 Å². The molecule has 0 radical (unpaired) electrons. The molecule has 7 nitrogen and oxygen atoms in total. The maximum absolute atomic E-state index is 12.5. The second-order valence-electron chi connectivity index (χ2n) is 4.50. The predicted octanol–water partition coefficient (Wildman–Crippen LogP) is 1.64. The minimum atomic E-state index is -3.83. The van der Waals surface area contributed by atoms with Crippen molar-refractivity contribution in [2.24, 2.45) is 0 Å². The molecule has 1 aromatic carbocycles. The normalized spacial score (nSPS) is 15.2. The molecule has 20 heavy (non-hydrogen) atoms. The molecule has 0 amide bonds. The summed E-state index contributed by atoms with van der Waals surface area (Å²) in [5.74, 6) is -0.560. The van der Waals surface area contributed by atoms with Crippen molar-refractivity contribution in [2.45, 2.75) is 23.8 Å². The number of phenolic OH excluding ortho intramolecular Hbond substituents is 1. The SMILES string of the molecule is C=CCN(C1CC1)S(=O)(=O)c1ccc(O)c([N+](=O)[O-])c1. The molecule has 0 unspecified atom stereocenters. The van der Waals surface area contributed by atoms with E-state index in [1.807, 2.05) is 0 Å². The second kappa shape index (κ2) is 5.22. The van der Waals surface area contributed by atoms with Gasteiger partial charge in [-0.3, -0.25) is 10.1 Å². The first-order valence-corrected chi connectivity index (χ1v) is 7.42. The Kier molecular flexibility index (Phi) is 3.78. The predicted molar refractivity (Wildman–Crippen MR) is 71.9 cm³/mol. The number of rotatable bonds is 6. The molecule has 0 aliphatic heterocycles. The average Bonchev–Trinajstić information content (AvgIpc) is 3.19. The Morgan fingerprint density at radius 1 is 1.50 bits per heavy atom. The van der Waals surface area contributed by atoms with Crippen molar-refractivity contribution in [1.29, 1.82) is 0 Å². The largest absolute Gasteiger partial charge is 0.502 e. The van der Waals surface area contributed by atoms with Gasteiger partial charge in [0.15, 0.2) is 5.75 Å². The highest BCUT2D eigenvalue weighted by Crippen LogP contribution is 2.34. The molecule has 0 saturated heterocycles. The summed E-state index contributed by atoms with van der Waals surface area (Å²) in [6, 6.07) is 2.98. The van der Waals surface area contributed by atoms with Crippen LogP contribution in [0.25, 0.3) is 0 Å². The van der Waals surface area contributed by atoms with Gasteiger partial charge in [-0.05, 0) is 25.0 Å². The Morgan fingerprint density at radius 2 is 2.15 bits per heavy atom. The van der Waals surface area contributed by atoms with Crippen LogP contribution < -0.4 is 0 Å². The van der Waals surface area contributed by atoms with Gasteiger partial charge in [0.2, 0.25) is 10.0 Å². The first-order chi connectivity index (χ1) is 9.37. The third-order valence-corrected chi connectivity index (χ3v) is 4.93. The first-order valence-electron chi connectivity index (χ1n) is 5.98. The van der Waals surface area contributed by atoms with E-state index in [1.54, 1.807) is 0 Å². The smallest absolute Gasteiger partial charge is 0.312 e. The van der Waals surface area contributed by atoms with Gasteiger partial charge in [-0.15, -0.1) is 6.58 Å². The maximum atomic E-state index is 12.5. The molecule has 108 valence electrons. The van der Waals surface area contributed by atoms with Crippen LogP contribution in [0.15, 0.2) is 35.7 Å². The quantitative estimate of drug-likeness (QED) is 0.489. The molecule has 0 atom stereocenters. The van der Waals surface area contributed by atoms with E-state index in [-0.39, 0.29) is 17.5 Å². The number of benzene rings is 1. The summed E-state index contributed by atoms with van der Waals surface area (Å²) in [7, 11) is -3.83. The molecule has 8 heteroatoms. The molecule has 1 aliphatic rings. The molecule has 1 N–H and O–H groups in total. The van der Waals surface area contributed by atoms with Gasteiger partial charge in [0.05, 0.1) is 9.82 Å². The van der Waals surface area contributed by atoms with Gasteiger partial charge in [0, 0.05) is 18.7 Å². The van der Waals surface area contributed by atoms with Crippen molar-refractivity contribution in [3.05, 3.63) is 41.0 Å². The number of sulfonamides is 1. The van der Waals surface area contributed by atoms with Crippen LogP contribution in [0.4, 0.5) is 5.69 Å². The number of nitro benzene ring substituents is 1. The topological polar surface area (TPSA) is 101 Å². The van der Waals surface area contributed by atoms with E-state index in [9.17, 15) is 23.6 Å². The number of phenols is 1. The van der Waals surface area contributed by atoms with Gasteiger partial charge >= 0.3 is 5.69 Å². The van der Waals surface area contributed by atoms with Gasteiger partial charge < -0.3 is 5.11 Å². The van der Waals surface area contributed by atoms with Gasteiger partial charge in [0.25, 0.3) is 0 Å². The van der Waals surface area contributed by atoms with Crippen LogP contribution in [0.3, 0.4) is 0 Å². The zero-order valence-electron chi connectivity index (χ0n) is 10.6. The third-order valence-electron chi connectivity index (χ3n) is 3.01. The van der Waals surface area contributed by atoms with Crippen LogP contribution >= 0.6 is 0 Å². The number of nitro groups is 1. The molecular formula is C12H14N2O5S. The number of nitrogens with zero attached hydrogens (tertiary/aromatic N) is 2. The number of hydrogen-bond acceptors (Lipinski definition) is 5. The monoisotopic (exact) mass is 298 g/mol. The Balaban J connectivity index is 2.45. The average molecular weight is 298 g/mol. The van der Waals surface area contributed by atoms with E-state index in [4.69, 9.17) is 0 Å². The summed E-state index contributed by atoms with van der Waals surface area (Å²) >= 11 is 0. The lowest BCUT2D eigenvalue weighted by molar-refractivity contribution is -0.386. The zero-order valence-corrected chi connectivity index (χ0v) is 11.4. The van der Waals surface area contributed by atoms with Crippen molar-refractivity contribution in [3.63, 3.8) is 0 Å². The molecule has 0 spiro atoms. The summed E-state index contributed by atoms with van der Waals surface area (Å²) in [4.78, 5) is 9.75. The minimum Gasteiger partial charge on any atom is -0.502 e. The van der Waals surface area contributed by atoms with E-state index in [1.165, 1.54) is 10.4 Å². The molecular weight excluding hydrogens is 284 g/mol. The highest BCUT2D eigenvalue weighted by Gasteiger charge is 2.38. The van der Waals surface area contributed by atoms with Gasteiger partial charge in [-0.1, -0.05) is 6.08 Å². The fourth-order valence-corrected chi connectivity index (χ4v) is 3.55. The molecule has 0 aromatic heterocycles. The zero-order chi connectivity index (χ0) is 14.9. The molecule has 1 aromatic rings. The summed E-state index contributed by atoms with van der Waals surface area (Å²) in [6.07, 6.45) is 3.02. The Labute approximate surface area is 116 Å². The van der Waals surface area contributed by atoms with Crippen molar-refractivity contribution in [3.8, 4) is 5.75 Å². The molecule has 0 heterocycles. The van der Waals surface area contributed by atoms with Crippen LogP contribution in [-0.2, 0) is 10.0 Å². The van der Waals surface area contributed by atoms with Crippen molar-refractivity contribution < 1.29 is 18.4 Å². The fourth-order valence-electron chi connectivity index (χ4n) is 1.88. The van der Waals surface area contributed by atoms with E-state index in [0.29, 0.717) is 0 Å². The third kappa shape index (κ3) is 2.66. The van der Waals surface area contributed by atoms with Gasteiger partial charge in [0.1, 0.15) is 0 Å². The van der Waals surface area contributed by atoms with Crippen molar-refractivity contribution in [1.82, 2.24) is 4.31 Å². The van der Waals surface area contributed by atoms with Gasteiger partial charge in [-0.25, -0.2) is 8.42 Å².